The summed E-state index contributed by atoms with van der Waals surface area (Å²) in [6.45, 7) is 7.18. The Hall–Kier alpha value is -2.82. The highest BCUT2D eigenvalue weighted by atomic mass is 16.6. The van der Waals surface area contributed by atoms with Crippen molar-refractivity contribution in [3.63, 3.8) is 0 Å². The molecule has 0 saturated carbocycles. The van der Waals surface area contributed by atoms with E-state index < -0.39 is 12.1 Å². The van der Waals surface area contributed by atoms with Crippen molar-refractivity contribution >= 4 is 17.6 Å². The number of rotatable bonds is 6. The van der Waals surface area contributed by atoms with Gasteiger partial charge in [0.05, 0.1) is 6.10 Å². The Morgan fingerprint density at radius 1 is 0.920 bits per heavy atom. The van der Waals surface area contributed by atoms with Gasteiger partial charge in [0, 0.05) is 11.3 Å². The van der Waals surface area contributed by atoms with E-state index in [1.54, 1.807) is 45.0 Å². The Morgan fingerprint density at radius 3 is 2.08 bits per heavy atom. The lowest BCUT2D eigenvalue weighted by Crippen LogP contribution is -2.28. The normalized spacial score (nSPS) is 11.7. The maximum absolute atomic E-state index is 12.2. The first kappa shape index (κ1) is 18.5. The van der Waals surface area contributed by atoms with Gasteiger partial charge < -0.3 is 14.8 Å². The Kier molecular flexibility index (Phi) is 6.17. The van der Waals surface area contributed by atoms with E-state index in [9.17, 15) is 9.59 Å². The highest BCUT2D eigenvalue weighted by molar-refractivity contribution is 6.04. The molecule has 0 saturated heterocycles. The summed E-state index contributed by atoms with van der Waals surface area (Å²) in [5.41, 5.74) is 2.37. The van der Waals surface area contributed by atoms with Crippen LogP contribution in [-0.4, -0.2) is 24.1 Å². The van der Waals surface area contributed by atoms with Crippen LogP contribution in [0.1, 0.15) is 36.7 Å². The summed E-state index contributed by atoms with van der Waals surface area (Å²) in [6, 6.07) is 14.2. The molecule has 0 aliphatic heterocycles. The summed E-state index contributed by atoms with van der Waals surface area (Å²) in [4.78, 5) is 24.0. The molecule has 0 radical (unpaired) electrons. The van der Waals surface area contributed by atoms with Crippen molar-refractivity contribution in [1.82, 2.24) is 0 Å². The van der Waals surface area contributed by atoms with Gasteiger partial charge in [-0.3, -0.25) is 4.79 Å². The number of hydrogen-bond donors (Lipinski definition) is 1. The predicted octanol–water partition coefficient (Wildman–Crippen LogP) is 3.97. The van der Waals surface area contributed by atoms with E-state index in [2.05, 4.69) is 5.32 Å². The van der Waals surface area contributed by atoms with Crippen LogP contribution in [0.25, 0.3) is 0 Å². The van der Waals surface area contributed by atoms with Crippen molar-refractivity contribution in [2.75, 3.05) is 5.32 Å². The number of benzene rings is 2. The van der Waals surface area contributed by atoms with E-state index in [-0.39, 0.29) is 12.0 Å². The van der Waals surface area contributed by atoms with Crippen LogP contribution in [0.15, 0.2) is 48.5 Å². The van der Waals surface area contributed by atoms with Gasteiger partial charge in [-0.1, -0.05) is 17.7 Å². The van der Waals surface area contributed by atoms with Crippen molar-refractivity contribution in [3.05, 3.63) is 59.7 Å². The molecule has 2 aromatic carbocycles. The maximum atomic E-state index is 12.2. The largest absolute Gasteiger partial charge is 0.479 e. The van der Waals surface area contributed by atoms with Gasteiger partial charge in [-0.2, -0.15) is 0 Å². The first-order valence-corrected chi connectivity index (χ1v) is 8.20. The molecule has 1 N–H and O–H groups in total. The van der Waals surface area contributed by atoms with E-state index in [4.69, 9.17) is 9.47 Å². The van der Waals surface area contributed by atoms with Gasteiger partial charge >= 0.3 is 5.97 Å². The number of anilines is 1. The Morgan fingerprint density at radius 2 is 1.52 bits per heavy atom. The second kappa shape index (κ2) is 8.33. The van der Waals surface area contributed by atoms with E-state index in [0.717, 1.165) is 11.3 Å². The number of esters is 1. The van der Waals surface area contributed by atoms with Gasteiger partial charge in [0.25, 0.3) is 5.91 Å². The van der Waals surface area contributed by atoms with Crippen LogP contribution in [0.2, 0.25) is 0 Å². The summed E-state index contributed by atoms with van der Waals surface area (Å²) >= 11 is 0. The van der Waals surface area contributed by atoms with Gasteiger partial charge in [0.15, 0.2) is 6.10 Å². The number of ether oxygens (including phenoxy) is 2. The van der Waals surface area contributed by atoms with Crippen molar-refractivity contribution in [1.29, 1.82) is 0 Å². The Bertz CT molecular complexity index is 720. The standard InChI is InChI=1S/C20H23NO4/c1-13(2)24-20(23)15(4)25-18-11-7-16(8-12-18)19(22)21-17-9-5-14(3)6-10-17/h5-13,15H,1-4H3,(H,21,22)/t15-/m0/s1. The van der Waals surface area contributed by atoms with Crippen LogP contribution < -0.4 is 10.1 Å². The second-order valence-corrected chi connectivity index (χ2v) is 6.09. The number of hydrogen-bond acceptors (Lipinski definition) is 4. The molecule has 0 bridgehead atoms. The van der Waals surface area contributed by atoms with E-state index >= 15 is 0 Å². The summed E-state index contributed by atoms with van der Waals surface area (Å²) < 4.78 is 10.6. The van der Waals surface area contributed by atoms with Gasteiger partial charge in [-0.15, -0.1) is 0 Å². The van der Waals surface area contributed by atoms with E-state index in [0.29, 0.717) is 11.3 Å². The SMILES string of the molecule is Cc1ccc(NC(=O)c2ccc(O[C@@H](C)C(=O)OC(C)C)cc2)cc1. The first-order chi connectivity index (χ1) is 11.8. The zero-order valence-corrected chi connectivity index (χ0v) is 14.9. The topological polar surface area (TPSA) is 64.6 Å². The van der Waals surface area contributed by atoms with Crippen LogP contribution >= 0.6 is 0 Å². The van der Waals surface area contributed by atoms with Crippen LogP contribution in [-0.2, 0) is 9.53 Å². The number of carbonyl (C=O) groups is 2. The molecule has 0 aromatic heterocycles. The quantitative estimate of drug-likeness (QED) is 0.808. The molecule has 0 spiro atoms. The van der Waals surface area contributed by atoms with Gasteiger partial charge in [0.1, 0.15) is 5.75 Å². The molecule has 1 amide bonds. The lowest BCUT2D eigenvalue weighted by atomic mass is 10.2. The highest BCUT2D eigenvalue weighted by Gasteiger charge is 2.17. The first-order valence-electron chi connectivity index (χ1n) is 8.20. The summed E-state index contributed by atoms with van der Waals surface area (Å²) in [5, 5.41) is 2.83. The third-order valence-corrected chi connectivity index (χ3v) is 3.42. The lowest BCUT2D eigenvalue weighted by molar-refractivity contribution is -0.154. The predicted molar refractivity (Wildman–Crippen MR) is 96.9 cm³/mol. The van der Waals surface area contributed by atoms with Crippen LogP contribution in [0.5, 0.6) is 5.75 Å². The fourth-order valence-electron chi connectivity index (χ4n) is 2.11. The molecule has 25 heavy (non-hydrogen) atoms. The number of aryl methyl sites for hydroxylation is 1. The smallest absolute Gasteiger partial charge is 0.347 e. The Balaban J connectivity index is 1.95. The Labute approximate surface area is 148 Å². The average Bonchev–Trinajstić information content (AvgIpc) is 2.57. The van der Waals surface area contributed by atoms with Gasteiger partial charge in [-0.05, 0) is 64.1 Å². The lowest BCUT2D eigenvalue weighted by Gasteiger charge is -2.16. The molecule has 0 aliphatic rings. The molecule has 0 aliphatic carbocycles. The van der Waals surface area contributed by atoms with Gasteiger partial charge in [-0.25, -0.2) is 4.79 Å². The van der Waals surface area contributed by atoms with E-state index in [1.807, 2.05) is 31.2 Å². The molecule has 5 nitrogen and oxygen atoms in total. The molecule has 5 heteroatoms. The molecule has 0 unspecified atom stereocenters. The molecule has 1 atom stereocenters. The summed E-state index contributed by atoms with van der Waals surface area (Å²) in [5.74, 6) is -0.126. The summed E-state index contributed by atoms with van der Waals surface area (Å²) in [7, 11) is 0. The molecule has 0 heterocycles. The maximum Gasteiger partial charge on any atom is 0.347 e. The zero-order valence-electron chi connectivity index (χ0n) is 14.9. The molecule has 132 valence electrons. The molecule has 2 aromatic rings. The molecular formula is C20H23NO4. The number of carbonyl (C=O) groups excluding carboxylic acids is 2. The van der Waals surface area contributed by atoms with Gasteiger partial charge in [0.2, 0.25) is 0 Å². The van der Waals surface area contributed by atoms with Crippen molar-refractivity contribution in [3.8, 4) is 5.75 Å². The number of nitrogens with one attached hydrogen (secondary N) is 1. The van der Waals surface area contributed by atoms with E-state index in [1.165, 1.54) is 0 Å². The minimum absolute atomic E-state index is 0.189. The van der Waals surface area contributed by atoms with Crippen molar-refractivity contribution in [2.45, 2.75) is 39.9 Å². The summed E-state index contributed by atoms with van der Waals surface area (Å²) in [6.07, 6.45) is -0.902. The fourth-order valence-corrected chi connectivity index (χ4v) is 2.11. The molecule has 2 rings (SSSR count). The second-order valence-electron chi connectivity index (χ2n) is 6.09. The number of amides is 1. The fraction of sp³-hybridized carbons (Fsp3) is 0.300. The molecule has 0 fully saturated rings. The third kappa shape index (κ3) is 5.64. The third-order valence-electron chi connectivity index (χ3n) is 3.42. The van der Waals surface area contributed by atoms with Crippen LogP contribution in [0, 0.1) is 6.92 Å². The molecular weight excluding hydrogens is 318 g/mol. The van der Waals surface area contributed by atoms with Crippen LogP contribution in [0.4, 0.5) is 5.69 Å². The minimum atomic E-state index is -0.713. The van der Waals surface area contributed by atoms with Crippen molar-refractivity contribution in [2.24, 2.45) is 0 Å². The van der Waals surface area contributed by atoms with Crippen LogP contribution in [0.3, 0.4) is 0 Å². The zero-order chi connectivity index (χ0) is 18.4. The van der Waals surface area contributed by atoms with Crippen molar-refractivity contribution < 1.29 is 19.1 Å². The highest BCUT2D eigenvalue weighted by Crippen LogP contribution is 2.16. The monoisotopic (exact) mass is 341 g/mol. The minimum Gasteiger partial charge on any atom is -0.479 e. The average molecular weight is 341 g/mol.